The summed E-state index contributed by atoms with van der Waals surface area (Å²) in [5, 5.41) is 3.01. The molecule has 2 N–H and O–H groups in total. The van der Waals surface area contributed by atoms with Gasteiger partial charge in [0.05, 0.1) is 12.7 Å². The van der Waals surface area contributed by atoms with Gasteiger partial charge in [0.2, 0.25) is 11.8 Å². The maximum absolute atomic E-state index is 12.7. The molecular weight excluding hydrogens is 398 g/mol. The molecule has 2 amide bonds. The van der Waals surface area contributed by atoms with Gasteiger partial charge in [-0.15, -0.1) is 0 Å². The second-order valence-electron chi connectivity index (χ2n) is 8.48. The van der Waals surface area contributed by atoms with Crippen molar-refractivity contribution in [2.75, 3.05) is 32.8 Å². The number of aromatic amines is 1. The fourth-order valence-electron chi connectivity index (χ4n) is 4.52. The summed E-state index contributed by atoms with van der Waals surface area (Å²) < 4.78 is 10.6. The maximum atomic E-state index is 12.7. The standard InChI is InChI=1S/C23H35N3O5/c1-4-30-23(29)21-15(2)19(16(3)25-21)7-8-20(27)26-11-9-17(10-12-26)22(28)24-14-18-6-5-13-31-18/h17-18,25H,4-14H2,1-3H3,(H,24,28)/t18-/m1/s1. The fraction of sp³-hybridized carbons (Fsp3) is 0.696. The number of esters is 1. The van der Waals surface area contributed by atoms with Gasteiger partial charge in [-0.25, -0.2) is 4.79 Å². The number of aromatic nitrogens is 1. The number of amides is 2. The molecule has 1 aromatic heterocycles. The predicted octanol–water partition coefficient (Wildman–Crippen LogP) is 2.27. The molecule has 2 fully saturated rings. The average molecular weight is 434 g/mol. The van der Waals surface area contributed by atoms with E-state index in [1.165, 1.54) is 0 Å². The average Bonchev–Trinajstić information content (AvgIpc) is 3.38. The van der Waals surface area contributed by atoms with Crippen molar-refractivity contribution < 1.29 is 23.9 Å². The summed E-state index contributed by atoms with van der Waals surface area (Å²) in [6.07, 6.45) is 4.57. The van der Waals surface area contributed by atoms with Crippen LogP contribution in [-0.2, 0) is 25.5 Å². The number of ether oxygens (including phenoxy) is 2. The summed E-state index contributed by atoms with van der Waals surface area (Å²) in [6.45, 7) is 8.48. The smallest absolute Gasteiger partial charge is 0.355 e. The molecule has 0 radical (unpaired) electrons. The number of nitrogens with one attached hydrogen (secondary N) is 2. The van der Waals surface area contributed by atoms with Crippen molar-refractivity contribution >= 4 is 17.8 Å². The van der Waals surface area contributed by atoms with E-state index >= 15 is 0 Å². The minimum Gasteiger partial charge on any atom is -0.461 e. The summed E-state index contributed by atoms with van der Waals surface area (Å²) >= 11 is 0. The molecule has 3 heterocycles. The lowest BCUT2D eigenvalue weighted by atomic mass is 9.95. The number of rotatable bonds is 8. The van der Waals surface area contributed by atoms with Gasteiger partial charge in [0.25, 0.3) is 0 Å². The molecule has 0 aliphatic carbocycles. The second kappa shape index (κ2) is 10.8. The fourth-order valence-corrected chi connectivity index (χ4v) is 4.52. The summed E-state index contributed by atoms with van der Waals surface area (Å²) in [7, 11) is 0. The van der Waals surface area contributed by atoms with Gasteiger partial charge in [-0.2, -0.15) is 0 Å². The van der Waals surface area contributed by atoms with Crippen LogP contribution in [0.2, 0.25) is 0 Å². The highest BCUT2D eigenvalue weighted by molar-refractivity contribution is 5.90. The third-order valence-electron chi connectivity index (χ3n) is 6.41. The first-order chi connectivity index (χ1) is 14.9. The highest BCUT2D eigenvalue weighted by Crippen LogP contribution is 2.22. The zero-order valence-electron chi connectivity index (χ0n) is 18.9. The molecule has 0 bridgehead atoms. The van der Waals surface area contributed by atoms with E-state index in [-0.39, 0.29) is 29.8 Å². The van der Waals surface area contributed by atoms with Crippen LogP contribution < -0.4 is 5.32 Å². The lowest BCUT2D eigenvalue weighted by Gasteiger charge is -2.31. The molecule has 2 aliphatic rings. The summed E-state index contributed by atoms with van der Waals surface area (Å²) in [6, 6.07) is 0. The number of likely N-dealkylation sites (tertiary alicyclic amines) is 1. The quantitative estimate of drug-likeness (QED) is 0.613. The summed E-state index contributed by atoms with van der Waals surface area (Å²) in [5.41, 5.74) is 3.22. The molecule has 0 saturated carbocycles. The molecule has 0 spiro atoms. The lowest BCUT2D eigenvalue weighted by molar-refractivity contribution is -0.135. The van der Waals surface area contributed by atoms with Crippen molar-refractivity contribution in [3.8, 4) is 0 Å². The van der Waals surface area contributed by atoms with Gasteiger partial charge in [0, 0.05) is 44.3 Å². The number of hydrogen-bond acceptors (Lipinski definition) is 5. The molecule has 2 aliphatic heterocycles. The van der Waals surface area contributed by atoms with Crippen LogP contribution in [0.25, 0.3) is 0 Å². The molecule has 0 unspecified atom stereocenters. The van der Waals surface area contributed by atoms with Gasteiger partial charge in [0.15, 0.2) is 0 Å². The van der Waals surface area contributed by atoms with Gasteiger partial charge in [-0.05, 0) is 64.0 Å². The van der Waals surface area contributed by atoms with Crippen LogP contribution in [0.3, 0.4) is 0 Å². The first-order valence-corrected chi connectivity index (χ1v) is 11.4. The van der Waals surface area contributed by atoms with Crippen molar-refractivity contribution in [1.29, 1.82) is 0 Å². The predicted molar refractivity (Wildman–Crippen MR) is 116 cm³/mol. The zero-order chi connectivity index (χ0) is 22.4. The number of nitrogens with zero attached hydrogens (tertiary/aromatic N) is 1. The number of aryl methyl sites for hydroxylation is 1. The molecule has 1 aromatic rings. The summed E-state index contributed by atoms with van der Waals surface area (Å²) in [5.74, 6) is -0.226. The number of carbonyl (C=O) groups excluding carboxylic acids is 3. The minimum absolute atomic E-state index is 0.0354. The van der Waals surface area contributed by atoms with Crippen LogP contribution in [-0.4, -0.2) is 66.6 Å². The third kappa shape index (κ3) is 5.87. The van der Waals surface area contributed by atoms with Crippen LogP contribution in [0.4, 0.5) is 0 Å². The normalized spacial score (nSPS) is 19.5. The molecule has 8 heteroatoms. The number of carbonyl (C=O) groups is 3. The van der Waals surface area contributed by atoms with E-state index in [1.807, 2.05) is 18.7 Å². The number of H-pyrrole nitrogens is 1. The van der Waals surface area contributed by atoms with E-state index < -0.39 is 0 Å². The Morgan fingerprint density at radius 1 is 1.19 bits per heavy atom. The van der Waals surface area contributed by atoms with E-state index in [0.29, 0.717) is 57.6 Å². The largest absolute Gasteiger partial charge is 0.461 e. The molecule has 31 heavy (non-hydrogen) atoms. The number of piperidine rings is 1. The second-order valence-corrected chi connectivity index (χ2v) is 8.48. The highest BCUT2D eigenvalue weighted by atomic mass is 16.5. The van der Waals surface area contributed by atoms with Gasteiger partial charge >= 0.3 is 5.97 Å². The zero-order valence-corrected chi connectivity index (χ0v) is 18.9. The van der Waals surface area contributed by atoms with Gasteiger partial charge in [-0.3, -0.25) is 9.59 Å². The topological polar surface area (TPSA) is 101 Å². The van der Waals surface area contributed by atoms with Crippen LogP contribution in [0.5, 0.6) is 0 Å². The maximum Gasteiger partial charge on any atom is 0.355 e. The Kier molecular flexibility index (Phi) is 8.12. The van der Waals surface area contributed by atoms with E-state index in [0.717, 1.165) is 36.3 Å². The number of hydrogen-bond donors (Lipinski definition) is 2. The van der Waals surface area contributed by atoms with Crippen molar-refractivity contribution in [2.24, 2.45) is 5.92 Å². The monoisotopic (exact) mass is 433 g/mol. The Morgan fingerprint density at radius 2 is 1.94 bits per heavy atom. The van der Waals surface area contributed by atoms with Crippen molar-refractivity contribution in [1.82, 2.24) is 15.2 Å². The molecule has 1 atom stereocenters. The molecular formula is C23H35N3O5. The van der Waals surface area contributed by atoms with Crippen LogP contribution in [0.1, 0.15) is 66.3 Å². The van der Waals surface area contributed by atoms with E-state index in [4.69, 9.17) is 9.47 Å². The third-order valence-corrected chi connectivity index (χ3v) is 6.41. The summed E-state index contributed by atoms with van der Waals surface area (Å²) in [4.78, 5) is 42.1. The molecule has 3 rings (SSSR count). The van der Waals surface area contributed by atoms with Crippen molar-refractivity contribution in [3.63, 3.8) is 0 Å². The first kappa shape index (κ1) is 23.3. The van der Waals surface area contributed by atoms with Gasteiger partial charge in [-0.1, -0.05) is 0 Å². The van der Waals surface area contributed by atoms with E-state index in [2.05, 4.69) is 10.3 Å². The molecule has 172 valence electrons. The van der Waals surface area contributed by atoms with Crippen molar-refractivity contribution in [2.45, 2.75) is 65.4 Å². The lowest BCUT2D eigenvalue weighted by Crippen LogP contribution is -2.44. The van der Waals surface area contributed by atoms with Crippen LogP contribution in [0.15, 0.2) is 0 Å². The van der Waals surface area contributed by atoms with Crippen LogP contribution >= 0.6 is 0 Å². The van der Waals surface area contributed by atoms with Gasteiger partial charge in [0.1, 0.15) is 5.69 Å². The highest BCUT2D eigenvalue weighted by Gasteiger charge is 2.28. The van der Waals surface area contributed by atoms with Gasteiger partial charge < -0.3 is 24.7 Å². The molecule has 0 aromatic carbocycles. The first-order valence-electron chi connectivity index (χ1n) is 11.4. The van der Waals surface area contributed by atoms with Crippen LogP contribution in [0, 0.1) is 19.8 Å². The van der Waals surface area contributed by atoms with Crippen molar-refractivity contribution in [3.05, 3.63) is 22.5 Å². The Morgan fingerprint density at radius 3 is 2.58 bits per heavy atom. The minimum atomic E-state index is -0.361. The molecule has 2 saturated heterocycles. The Labute approximate surface area is 184 Å². The Hall–Kier alpha value is -2.35. The SMILES string of the molecule is CCOC(=O)c1[nH]c(C)c(CCC(=O)N2CCC(C(=O)NC[C@H]3CCCO3)CC2)c1C. The van der Waals surface area contributed by atoms with E-state index in [9.17, 15) is 14.4 Å². The Bertz CT molecular complexity index is 789. The Balaban J connectivity index is 1.44. The van der Waals surface area contributed by atoms with E-state index in [1.54, 1.807) is 6.92 Å². The molecule has 8 nitrogen and oxygen atoms in total.